The largest absolute Gasteiger partial charge is 0.464 e. The fourth-order valence-electron chi connectivity index (χ4n) is 2.88. The van der Waals surface area contributed by atoms with E-state index < -0.39 is 23.8 Å². The smallest absolute Gasteiger partial charge is 0.305 e. The number of carbonyl (C=O) groups is 6. The maximum atomic E-state index is 11.7. The van der Waals surface area contributed by atoms with Gasteiger partial charge < -0.3 is 9.47 Å². The number of nitrogens with zero attached hydrogens (tertiary/aromatic N) is 2. The van der Waals surface area contributed by atoms with E-state index in [9.17, 15) is 28.8 Å². The summed E-state index contributed by atoms with van der Waals surface area (Å²) in [5.74, 6) is -2.59. The molecule has 10 heteroatoms. The molecule has 162 valence electrons. The number of unbranched alkanes of at least 4 members (excludes halogenated alkanes) is 1. The van der Waals surface area contributed by atoms with Gasteiger partial charge in [0.15, 0.2) is 0 Å². The lowest BCUT2D eigenvalue weighted by molar-refractivity contribution is -0.148. The third-order valence-electron chi connectivity index (χ3n) is 4.54. The molecule has 0 saturated carbocycles. The molecule has 0 spiro atoms. The SMILES string of the molecule is CC1=CC(=O)N(CCOC(=O)CCCCC(=O)OCCN2C(=O)C=C(C)C2=O)C1=O. The van der Waals surface area contributed by atoms with Gasteiger partial charge in [-0.15, -0.1) is 0 Å². The number of imide groups is 2. The minimum absolute atomic E-state index is 0.000636. The minimum Gasteiger partial charge on any atom is -0.464 e. The summed E-state index contributed by atoms with van der Waals surface area (Å²) in [5, 5.41) is 0. The third kappa shape index (κ3) is 6.10. The van der Waals surface area contributed by atoms with Crippen LogP contribution in [0.5, 0.6) is 0 Å². The van der Waals surface area contributed by atoms with E-state index >= 15 is 0 Å². The molecule has 30 heavy (non-hydrogen) atoms. The summed E-state index contributed by atoms with van der Waals surface area (Å²) < 4.78 is 9.99. The highest BCUT2D eigenvalue weighted by atomic mass is 16.5. The monoisotopic (exact) mass is 420 g/mol. The van der Waals surface area contributed by atoms with E-state index in [4.69, 9.17) is 9.47 Å². The molecule has 0 saturated heterocycles. The predicted octanol–water partition coefficient (Wildman–Crippen LogP) is 0.263. The Kier molecular flexibility index (Phi) is 8.02. The van der Waals surface area contributed by atoms with Gasteiger partial charge in [0.05, 0.1) is 13.1 Å². The van der Waals surface area contributed by atoms with Crippen molar-refractivity contribution in [1.29, 1.82) is 0 Å². The lowest BCUT2D eigenvalue weighted by Crippen LogP contribution is -2.34. The van der Waals surface area contributed by atoms with Crippen LogP contribution in [0.3, 0.4) is 0 Å². The summed E-state index contributed by atoms with van der Waals surface area (Å²) >= 11 is 0. The lowest BCUT2D eigenvalue weighted by atomic mass is 10.2. The first-order chi connectivity index (χ1) is 14.2. The van der Waals surface area contributed by atoms with Crippen LogP contribution in [0.15, 0.2) is 23.3 Å². The van der Waals surface area contributed by atoms with E-state index in [1.54, 1.807) is 13.8 Å². The Hall–Kier alpha value is -3.30. The van der Waals surface area contributed by atoms with E-state index in [1.165, 1.54) is 12.2 Å². The van der Waals surface area contributed by atoms with Crippen LogP contribution in [0.1, 0.15) is 39.5 Å². The Balaban J connectivity index is 1.50. The maximum Gasteiger partial charge on any atom is 0.305 e. The highest BCUT2D eigenvalue weighted by molar-refractivity contribution is 6.16. The van der Waals surface area contributed by atoms with Crippen molar-refractivity contribution in [2.45, 2.75) is 39.5 Å². The number of hydrogen-bond donors (Lipinski definition) is 0. The van der Waals surface area contributed by atoms with Gasteiger partial charge >= 0.3 is 11.9 Å². The van der Waals surface area contributed by atoms with Gasteiger partial charge in [0.1, 0.15) is 13.2 Å². The van der Waals surface area contributed by atoms with E-state index in [1.807, 2.05) is 0 Å². The molecule has 2 aliphatic heterocycles. The second kappa shape index (κ2) is 10.5. The van der Waals surface area contributed by atoms with Gasteiger partial charge in [-0.3, -0.25) is 38.6 Å². The summed E-state index contributed by atoms with van der Waals surface area (Å²) in [6.07, 6.45) is 3.47. The molecule has 0 unspecified atom stereocenters. The number of carbonyl (C=O) groups excluding carboxylic acids is 6. The van der Waals surface area contributed by atoms with Crippen LogP contribution in [-0.2, 0) is 38.2 Å². The van der Waals surface area contributed by atoms with Gasteiger partial charge in [-0.25, -0.2) is 0 Å². The van der Waals surface area contributed by atoms with Crippen LogP contribution in [0.25, 0.3) is 0 Å². The van der Waals surface area contributed by atoms with Crippen molar-refractivity contribution in [3.05, 3.63) is 23.3 Å². The highest BCUT2D eigenvalue weighted by Gasteiger charge is 2.28. The Bertz CT molecular complexity index is 759. The number of amides is 4. The van der Waals surface area contributed by atoms with Crippen molar-refractivity contribution < 1.29 is 38.2 Å². The Labute approximate surface area is 173 Å². The standard InChI is InChI=1S/C20H24N2O8/c1-13-11-15(23)21(19(13)27)7-9-29-17(25)5-3-4-6-18(26)30-10-8-22-16(24)12-14(2)20(22)28/h11-12H,3-10H2,1-2H3. The van der Waals surface area contributed by atoms with E-state index in [0.717, 1.165) is 9.80 Å². The van der Waals surface area contributed by atoms with Crippen LogP contribution in [0.2, 0.25) is 0 Å². The van der Waals surface area contributed by atoms with Crippen LogP contribution in [0.4, 0.5) is 0 Å². The van der Waals surface area contributed by atoms with Crippen molar-refractivity contribution >= 4 is 35.6 Å². The molecule has 0 aromatic rings. The average Bonchev–Trinajstić information content (AvgIpc) is 3.07. The lowest BCUT2D eigenvalue weighted by Gasteiger charge is -2.14. The van der Waals surface area contributed by atoms with E-state index in [-0.39, 0.29) is 51.0 Å². The first kappa shape index (κ1) is 23.0. The molecule has 2 aliphatic rings. The first-order valence-electron chi connectivity index (χ1n) is 9.60. The highest BCUT2D eigenvalue weighted by Crippen LogP contribution is 2.12. The average molecular weight is 420 g/mol. The molecule has 4 amide bonds. The van der Waals surface area contributed by atoms with Gasteiger partial charge in [-0.05, 0) is 26.7 Å². The number of esters is 2. The second-order valence-electron chi connectivity index (χ2n) is 6.89. The van der Waals surface area contributed by atoms with Crippen molar-refractivity contribution in [2.75, 3.05) is 26.3 Å². The van der Waals surface area contributed by atoms with E-state index in [0.29, 0.717) is 24.0 Å². The van der Waals surface area contributed by atoms with Gasteiger partial charge in [0.2, 0.25) is 0 Å². The van der Waals surface area contributed by atoms with Gasteiger partial charge in [-0.1, -0.05) is 0 Å². The summed E-state index contributed by atoms with van der Waals surface area (Å²) in [5.41, 5.74) is 0.701. The van der Waals surface area contributed by atoms with Crippen LogP contribution in [0, 0.1) is 0 Å². The molecule has 0 aromatic heterocycles. The fraction of sp³-hybridized carbons (Fsp3) is 0.500. The minimum atomic E-state index is -0.485. The van der Waals surface area contributed by atoms with E-state index in [2.05, 4.69) is 0 Å². The predicted molar refractivity (Wildman–Crippen MR) is 101 cm³/mol. The summed E-state index contributed by atoms with van der Waals surface area (Å²) in [6.45, 7) is 2.92. The molecule has 2 heterocycles. The van der Waals surface area contributed by atoms with Gasteiger partial charge in [-0.2, -0.15) is 0 Å². The Morgan fingerprint density at radius 2 is 1.10 bits per heavy atom. The van der Waals surface area contributed by atoms with Crippen LogP contribution >= 0.6 is 0 Å². The Morgan fingerprint density at radius 3 is 1.40 bits per heavy atom. The molecule has 0 aromatic carbocycles. The zero-order chi connectivity index (χ0) is 22.3. The van der Waals surface area contributed by atoms with Gasteiger partial charge in [0.25, 0.3) is 23.6 Å². The molecule has 0 bridgehead atoms. The molecule has 10 nitrogen and oxygen atoms in total. The summed E-state index contributed by atoms with van der Waals surface area (Å²) in [6, 6.07) is 0. The molecule has 0 radical (unpaired) electrons. The maximum absolute atomic E-state index is 11.7. The fourth-order valence-corrected chi connectivity index (χ4v) is 2.88. The molecule has 0 aliphatic carbocycles. The van der Waals surface area contributed by atoms with Crippen LogP contribution in [-0.4, -0.2) is 71.7 Å². The number of ether oxygens (including phenoxy) is 2. The van der Waals surface area contributed by atoms with Crippen molar-refractivity contribution in [1.82, 2.24) is 9.80 Å². The quantitative estimate of drug-likeness (QED) is 0.265. The zero-order valence-corrected chi connectivity index (χ0v) is 17.0. The zero-order valence-electron chi connectivity index (χ0n) is 17.0. The first-order valence-corrected chi connectivity index (χ1v) is 9.60. The molecule has 0 N–H and O–H groups in total. The topological polar surface area (TPSA) is 127 Å². The summed E-state index contributed by atoms with van der Waals surface area (Å²) in [7, 11) is 0. The second-order valence-corrected chi connectivity index (χ2v) is 6.89. The van der Waals surface area contributed by atoms with Crippen LogP contribution < -0.4 is 0 Å². The van der Waals surface area contributed by atoms with Crippen molar-refractivity contribution in [2.24, 2.45) is 0 Å². The van der Waals surface area contributed by atoms with Crippen molar-refractivity contribution in [3.8, 4) is 0 Å². The number of rotatable bonds is 11. The normalized spacial score (nSPS) is 16.2. The summed E-state index contributed by atoms with van der Waals surface area (Å²) in [4.78, 5) is 71.8. The molecule has 0 atom stereocenters. The number of hydrogen-bond acceptors (Lipinski definition) is 8. The van der Waals surface area contributed by atoms with Crippen molar-refractivity contribution in [3.63, 3.8) is 0 Å². The molecule has 0 fully saturated rings. The molecular formula is C20H24N2O8. The Morgan fingerprint density at radius 1 is 0.733 bits per heavy atom. The molecular weight excluding hydrogens is 396 g/mol. The molecule has 2 rings (SSSR count). The van der Waals surface area contributed by atoms with Gasteiger partial charge in [0, 0.05) is 36.1 Å². The third-order valence-corrected chi connectivity index (χ3v) is 4.54.